The minimum atomic E-state index is -1.14. The van der Waals surface area contributed by atoms with Crippen molar-refractivity contribution in [1.82, 2.24) is 4.90 Å². The monoisotopic (exact) mass is 249 g/mol. The van der Waals surface area contributed by atoms with E-state index in [9.17, 15) is 10.2 Å². The lowest BCUT2D eigenvalue weighted by Crippen LogP contribution is -2.44. The highest BCUT2D eigenvalue weighted by molar-refractivity contribution is 4.75. The van der Waals surface area contributed by atoms with Crippen LogP contribution in [0.1, 0.15) is 12.8 Å². The van der Waals surface area contributed by atoms with Gasteiger partial charge >= 0.3 is 0 Å². The van der Waals surface area contributed by atoms with Crippen molar-refractivity contribution in [3.8, 4) is 0 Å². The Balaban J connectivity index is 2.35. The van der Waals surface area contributed by atoms with Gasteiger partial charge in [0.25, 0.3) is 0 Å². The van der Waals surface area contributed by atoms with Gasteiger partial charge in [-0.15, -0.1) is 0 Å². The minimum absolute atomic E-state index is 0.00530. The van der Waals surface area contributed by atoms with Crippen LogP contribution in [0.5, 0.6) is 0 Å². The summed E-state index contributed by atoms with van der Waals surface area (Å²) in [5.41, 5.74) is 0. The second-order valence-electron chi connectivity index (χ2n) is 4.44. The average molecular weight is 249 g/mol. The molecule has 0 radical (unpaired) electrons. The Morgan fingerprint density at radius 1 is 1.24 bits per heavy atom. The first-order valence-corrected chi connectivity index (χ1v) is 6.09. The van der Waals surface area contributed by atoms with Crippen LogP contribution >= 0.6 is 0 Å². The topological polar surface area (TPSA) is 93.4 Å². The van der Waals surface area contributed by atoms with Crippen LogP contribution in [0.3, 0.4) is 0 Å². The van der Waals surface area contributed by atoms with Crippen molar-refractivity contribution < 1.29 is 25.2 Å². The molecule has 0 saturated carbocycles. The zero-order valence-corrected chi connectivity index (χ0v) is 10.0. The minimum Gasteiger partial charge on any atom is -0.395 e. The molecule has 0 aromatic heterocycles. The smallest absolute Gasteiger partial charge is 0.104 e. The summed E-state index contributed by atoms with van der Waals surface area (Å²) in [6.45, 7) is 1.58. The van der Waals surface area contributed by atoms with Crippen molar-refractivity contribution in [2.75, 3.05) is 39.5 Å². The maximum Gasteiger partial charge on any atom is 0.104 e. The van der Waals surface area contributed by atoms with E-state index in [0.29, 0.717) is 13.1 Å². The molecule has 3 atom stereocenters. The fourth-order valence-corrected chi connectivity index (χ4v) is 1.98. The fraction of sp³-hybridized carbons (Fsp3) is 1.00. The Kier molecular flexibility index (Phi) is 6.94. The molecule has 1 heterocycles. The van der Waals surface area contributed by atoms with Gasteiger partial charge in [0.2, 0.25) is 0 Å². The highest BCUT2D eigenvalue weighted by atomic mass is 16.5. The number of hydrogen-bond donors (Lipinski definition) is 4. The van der Waals surface area contributed by atoms with Gasteiger partial charge in [0.15, 0.2) is 0 Å². The molecule has 102 valence electrons. The third-order valence-electron chi connectivity index (χ3n) is 2.98. The second kappa shape index (κ2) is 7.97. The van der Waals surface area contributed by atoms with E-state index in [1.165, 1.54) is 0 Å². The first kappa shape index (κ1) is 14.8. The van der Waals surface area contributed by atoms with E-state index < -0.39 is 18.8 Å². The number of aliphatic hydroxyl groups is 4. The third-order valence-corrected chi connectivity index (χ3v) is 2.98. The highest BCUT2D eigenvalue weighted by Gasteiger charge is 2.23. The van der Waals surface area contributed by atoms with Gasteiger partial charge in [0, 0.05) is 26.2 Å². The molecule has 6 heteroatoms. The maximum atomic E-state index is 9.61. The van der Waals surface area contributed by atoms with Crippen molar-refractivity contribution in [2.45, 2.75) is 31.2 Å². The van der Waals surface area contributed by atoms with Crippen LogP contribution in [0.2, 0.25) is 0 Å². The predicted octanol–water partition coefficient (Wildman–Crippen LogP) is -1.83. The molecule has 1 fully saturated rings. The molecule has 1 aliphatic heterocycles. The molecule has 0 aliphatic carbocycles. The summed E-state index contributed by atoms with van der Waals surface area (Å²) in [6.07, 6.45) is 0.0219. The lowest BCUT2D eigenvalue weighted by Gasteiger charge is -2.28. The molecule has 1 aliphatic rings. The normalized spacial score (nSPS) is 24.2. The van der Waals surface area contributed by atoms with Crippen LogP contribution < -0.4 is 0 Å². The lowest BCUT2D eigenvalue weighted by atomic mass is 10.1. The van der Waals surface area contributed by atoms with Crippen LogP contribution in [-0.2, 0) is 4.74 Å². The van der Waals surface area contributed by atoms with Crippen molar-refractivity contribution in [3.05, 3.63) is 0 Å². The van der Waals surface area contributed by atoms with Crippen molar-refractivity contribution >= 4 is 0 Å². The molecule has 0 aromatic rings. The second-order valence-corrected chi connectivity index (χ2v) is 4.44. The van der Waals surface area contributed by atoms with Crippen molar-refractivity contribution in [3.63, 3.8) is 0 Å². The Morgan fingerprint density at radius 2 is 2.00 bits per heavy atom. The zero-order valence-electron chi connectivity index (χ0n) is 10.0. The molecule has 17 heavy (non-hydrogen) atoms. The summed E-state index contributed by atoms with van der Waals surface area (Å²) in [4.78, 5) is 1.85. The SMILES string of the molecule is OCCN(CC1CCCO1)C[C@H](O)[C@@H](O)CO. The largest absolute Gasteiger partial charge is 0.395 e. The van der Waals surface area contributed by atoms with E-state index >= 15 is 0 Å². The van der Waals surface area contributed by atoms with E-state index in [1.54, 1.807) is 0 Å². The zero-order chi connectivity index (χ0) is 12.7. The van der Waals surface area contributed by atoms with E-state index in [1.807, 2.05) is 4.90 Å². The van der Waals surface area contributed by atoms with Gasteiger partial charge < -0.3 is 25.2 Å². The van der Waals surface area contributed by atoms with Gasteiger partial charge in [0.1, 0.15) is 6.10 Å². The van der Waals surface area contributed by atoms with Crippen LogP contribution in [-0.4, -0.2) is 83.1 Å². The fourth-order valence-electron chi connectivity index (χ4n) is 1.98. The first-order valence-electron chi connectivity index (χ1n) is 6.09. The van der Waals surface area contributed by atoms with Gasteiger partial charge in [0.05, 0.1) is 25.4 Å². The molecule has 1 unspecified atom stereocenters. The molecule has 1 saturated heterocycles. The van der Waals surface area contributed by atoms with Crippen LogP contribution in [0.25, 0.3) is 0 Å². The molecular formula is C11H23NO5. The van der Waals surface area contributed by atoms with Crippen molar-refractivity contribution in [2.24, 2.45) is 0 Å². The first-order chi connectivity index (χ1) is 8.17. The Hall–Kier alpha value is -0.240. The maximum absolute atomic E-state index is 9.61. The van der Waals surface area contributed by atoms with Crippen LogP contribution in [0.4, 0.5) is 0 Å². The van der Waals surface area contributed by atoms with Crippen LogP contribution in [0, 0.1) is 0 Å². The molecule has 0 spiro atoms. The van der Waals surface area contributed by atoms with E-state index in [4.69, 9.17) is 14.9 Å². The Bertz CT molecular complexity index is 198. The summed E-state index contributed by atoms with van der Waals surface area (Å²) in [7, 11) is 0. The Morgan fingerprint density at radius 3 is 2.53 bits per heavy atom. The molecule has 0 amide bonds. The number of hydrogen-bond acceptors (Lipinski definition) is 6. The summed E-state index contributed by atoms with van der Waals surface area (Å²) >= 11 is 0. The van der Waals surface area contributed by atoms with Gasteiger partial charge in [-0.05, 0) is 12.8 Å². The number of nitrogens with zero attached hydrogens (tertiary/aromatic N) is 1. The molecule has 0 aromatic carbocycles. The van der Waals surface area contributed by atoms with Gasteiger partial charge in [-0.1, -0.05) is 0 Å². The molecule has 4 N–H and O–H groups in total. The molecule has 0 bridgehead atoms. The van der Waals surface area contributed by atoms with Gasteiger partial charge in [-0.3, -0.25) is 4.90 Å². The third kappa shape index (κ3) is 5.29. The summed E-state index contributed by atoms with van der Waals surface area (Å²) in [6, 6.07) is 0. The number of aliphatic hydroxyl groups excluding tert-OH is 4. The average Bonchev–Trinajstić information content (AvgIpc) is 2.81. The van der Waals surface area contributed by atoms with Gasteiger partial charge in [-0.25, -0.2) is 0 Å². The predicted molar refractivity (Wildman–Crippen MR) is 61.6 cm³/mol. The Labute approximate surface area is 101 Å². The summed E-state index contributed by atoms with van der Waals surface area (Å²) < 4.78 is 5.48. The number of ether oxygens (including phenoxy) is 1. The summed E-state index contributed by atoms with van der Waals surface area (Å²) in [5, 5.41) is 36.6. The van der Waals surface area contributed by atoms with E-state index in [0.717, 1.165) is 19.4 Å². The summed E-state index contributed by atoms with van der Waals surface area (Å²) in [5.74, 6) is 0. The van der Waals surface area contributed by atoms with Crippen LogP contribution in [0.15, 0.2) is 0 Å². The van der Waals surface area contributed by atoms with Gasteiger partial charge in [-0.2, -0.15) is 0 Å². The standard InChI is InChI=1S/C11H23NO5/c13-4-3-12(6-9-2-1-5-17-9)7-10(15)11(16)8-14/h9-11,13-16H,1-8H2/t9?,10-,11-/m0/s1. The van der Waals surface area contributed by atoms with Crippen molar-refractivity contribution in [1.29, 1.82) is 0 Å². The molecule has 1 rings (SSSR count). The van der Waals surface area contributed by atoms with E-state index in [2.05, 4.69) is 0 Å². The van der Waals surface area contributed by atoms with E-state index in [-0.39, 0.29) is 19.3 Å². The highest BCUT2D eigenvalue weighted by Crippen LogP contribution is 2.13. The molecular weight excluding hydrogens is 226 g/mol. The quantitative estimate of drug-likeness (QED) is 0.404. The lowest BCUT2D eigenvalue weighted by molar-refractivity contribution is -0.0373. The number of rotatable bonds is 8. The molecule has 6 nitrogen and oxygen atoms in total.